The van der Waals surface area contributed by atoms with E-state index >= 15 is 0 Å². The Hall–Kier alpha value is -6.31. The Balaban J connectivity index is 0.728. The molecule has 2 aromatic carbocycles. The third-order valence-corrected chi connectivity index (χ3v) is 15.8. The van der Waals surface area contributed by atoms with E-state index in [1.54, 1.807) is 12.1 Å². The molecule has 1 spiro atoms. The topological polar surface area (TPSA) is 192 Å². The normalized spacial score (nSPS) is 25.9. The van der Waals surface area contributed by atoms with Crippen LogP contribution in [0.5, 0.6) is 5.75 Å². The molecule has 4 aromatic rings. The number of rotatable bonds is 12. The maximum absolute atomic E-state index is 14.2. The molecule has 2 aliphatic carbocycles. The summed E-state index contributed by atoms with van der Waals surface area (Å²) in [5, 5.41) is 39.4. The Kier molecular flexibility index (Phi) is 13.8. The van der Waals surface area contributed by atoms with E-state index in [4.69, 9.17) is 16.4 Å². The highest BCUT2D eigenvalue weighted by atomic mass is 16.3. The van der Waals surface area contributed by atoms with Gasteiger partial charge in [0, 0.05) is 94.3 Å². The van der Waals surface area contributed by atoms with E-state index in [0.717, 1.165) is 105 Å². The second-order valence-corrected chi connectivity index (χ2v) is 21.7. The SMILES string of the molecule is C#Cc1ccc([C@H](C)NC(=O)[C@@H]2C[C@@H](O)CN2C(=O)[C@@H](NC(=O)[C@H]2CC3(C2)C[C@H](c2cnc(N4CCC(N5CCN(c6cc(-c7ccccc7O)nnc6NC)[C@@H](C)C5)CC4)nc2)C3)C(C)(C)C)cc1. The first-order valence-corrected chi connectivity index (χ1v) is 25.1. The zero-order valence-corrected chi connectivity index (χ0v) is 41.4. The fourth-order valence-corrected chi connectivity index (χ4v) is 11.8. The number of hydrogen-bond acceptors (Lipinski definition) is 13. The van der Waals surface area contributed by atoms with Gasteiger partial charge in [-0.3, -0.25) is 19.3 Å². The summed E-state index contributed by atoms with van der Waals surface area (Å²) in [5.41, 5.74) is 4.54. The molecule has 0 bridgehead atoms. The molecule has 2 saturated carbocycles. The number of phenols is 1. The highest BCUT2D eigenvalue weighted by Crippen LogP contribution is 2.64. The molecular weight excluding hydrogens is 883 g/mol. The predicted octanol–water partition coefficient (Wildman–Crippen LogP) is 5.49. The molecule has 3 amide bonds. The number of para-hydroxylation sites is 1. The Morgan fingerprint density at radius 1 is 0.900 bits per heavy atom. The minimum absolute atomic E-state index is 0.0244. The van der Waals surface area contributed by atoms with Gasteiger partial charge in [0.1, 0.15) is 17.8 Å². The first-order chi connectivity index (χ1) is 33.5. The van der Waals surface area contributed by atoms with E-state index in [1.807, 2.05) is 89.6 Å². The second-order valence-electron chi connectivity index (χ2n) is 21.7. The molecule has 16 nitrogen and oxygen atoms in total. The number of carbonyl (C=O) groups excluding carboxylic acids is 3. The number of likely N-dealkylation sites (tertiary alicyclic amines) is 1. The molecule has 370 valence electrons. The lowest BCUT2D eigenvalue weighted by Gasteiger charge is -2.57. The van der Waals surface area contributed by atoms with Gasteiger partial charge in [-0.15, -0.1) is 16.6 Å². The third kappa shape index (κ3) is 10.0. The van der Waals surface area contributed by atoms with Gasteiger partial charge in [0.2, 0.25) is 23.7 Å². The molecule has 70 heavy (non-hydrogen) atoms. The minimum Gasteiger partial charge on any atom is -0.507 e. The number of terminal acetylenes is 1. The number of aliphatic hydroxyl groups is 1. The van der Waals surface area contributed by atoms with E-state index in [0.29, 0.717) is 23.2 Å². The number of nitrogens with one attached hydrogen (secondary N) is 3. The standard InChI is InChI=1S/C54H69N11O5/c1-8-35-13-15-36(16-14-35)34(3)58-50(69)45-23-41(66)32-65(45)51(70)47(53(4,5)6)59-49(68)38-27-54(28-38)25-37(26-54)39-29-56-52(57-30-39)62-19-17-40(18-20-62)63-21-22-64(33(2)31-63)44-24-43(60-61-48(44)55-7)42-11-9-10-12-46(42)67/h1,9-16,24,29-30,33-34,37-38,40-41,45,47,66-67H,17-23,25-28,31-32H2,2-7H3,(H,55,61)(H,58,69)(H,59,68)/t33-,34-,37-,38-,41+,45-,47+,54?/m0/s1. The second kappa shape index (κ2) is 19.8. The molecule has 3 aliphatic heterocycles. The zero-order valence-electron chi connectivity index (χ0n) is 41.4. The van der Waals surface area contributed by atoms with E-state index in [2.05, 4.69) is 53.7 Å². The number of amides is 3. The van der Waals surface area contributed by atoms with E-state index in [1.165, 1.54) is 4.90 Å². The van der Waals surface area contributed by atoms with E-state index < -0.39 is 23.6 Å². The van der Waals surface area contributed by atoms with Crippen LogP contribution >= 0.6 is 0 Å². The van der Waals surface area contributed by atoms with Crippen molar-refractivity contribution in [2.75, 3.05) is 61.4 Å². The number of aromatic nitrogens is 4. The zero-order chi connectivity index (χ0) is 49.5. The highest BCUT2D eigenvalue weighted by molar-refractivity contribution is 5.94. The summed E-state index contributed by atoms with van der Waals surface area (Å²) in [4.78, 5) is 60.2. The van der Waals surface area contributed by atoms with Gasteiger partial charge in [0.05, 0.1) is 23.5 Å². The molecular formula is C54H69N11O5. The van der Waals surface area contributed by atoms with Crippen LogP contribution in [0.15, 0.2) is 67.0 Å². The van der Waals surface area contributed by atoms with Gasteiger partial charge in [-0.25, -0.2) is 9.97 Å². The number of aliphatic hydroxyl groups excluding tert-OH is 1. The lowest BCUT2D eigenvalue weighted by Crippen LogP contribution is -2.60. The number of nitrogens with zero attached hydrogens (tertiary/aromatic N) is 8. The minimum atomic E-state index is -0.864. The molecule has 5 aliphatic rings. The van der Waals surface area contributed by atoms with Crippen LogP contribution in [-0.4, -0.2) is 134 Å². The van der Waals surface area contributed by atoms with Crippen LogP contribution in [-0.2, 0) is 14.4 Å². The third-order valence-electron chi connectivity index (χ3n) is 15.8. The van der Waals surface area contributed by atoms with Gasteiger partial charge >= 0.3 is 0 Å². The lowest BCUT2D eigenvalue weighted by molar-refractivity contribution is -0.148. The van der Waals surface area contributed by atoms with Crippen molar-refractivity contribution in [3.05, 3.63) is 83.7 Å². The highest BCUT2D eigenvalue weighted by Gasteiger charge is 2.56. The van der Waals surface area contributed by atoms with Crippen LogP contribution in [0.25, 0.3) is 11.3 Å². The lowest BCUT2D eigenvalue weighted by atomic mass is 9.47. The van der Waals surface area contributed by atoms with Crippen molar-refractivity contribution in [1.82, 2.24) is 40.6 Å². The first-order valence-electron chi connectivity index (χ1n) is 25.1. The number of β-amino-alcohol motifs (C(OH)–C–C–N with tert-alkyl or cyclic N) is 1. The predicted molar refractivity (Wildman–Crippen MR) is 270 cm³/mol. The molecule has 3 saturated heterocycles. The number of piperidine rings is 1. The number of anilines is 3. The number of carbonyl (C=O) groups is 3. The average molecular weight is 952 g/mol. The van der Waals surface area contributed by atoms with Crippen LogP contribution in [0.2, 0.25) is 0 Å². The maximum atomic E-state index is 14.2. The number of aromatic hydroxyl groups is 1. The van der Waals surface area contributed by atoms with Crippen molar-refractivity contribution in [2.45, 2.75) is 122 Å². The van der Waals surface area contributed by atoms with Gasteiger partial charge in [0.25, 0.3) is 0 Å². The Morgan fingerprint density at radius 3 is 2.24 bits per heavy atom. The summed E-state index contributed by atoms with van der Waals surface area (Å²) < 4.78 is 0. The van der Waals surface area contributed by atoms with Gasteiger partial charge in [0.15, 0.2) is 5.82 Å². The fourth-order valence-electron chi connectivity index (χ4n) is 11.8. The quantitative estimate of drug-likeness (QED) is 0.112. The summed E-state index contributed by atoms with van der Waals surface area (Å²) in [6, 6.07) is 15.3. The van der Waals surface area contributed by atoms with Crippen molar-refractivity contribution in [1.29, 1.82) is 0 Å². The Labute approximate surface area is 412 Å². The molecule has 9 rings (SSSR count). The smallest absolute Gasteiger partial charge is 0.246 e. The molecule has 5 heterocycles. The molecule has 5 fully saturated rings. The number of hydrogen-bond donors (Lipinski definition) is 5. The van der Waals surface area contributed by atoms with Gasteiger partial charge in [-0.1, -0.05) is 51.0 Å². The molecule has 0 unspecified atom stereocenters. The van der Waals surface area contributed by atoms with Crippen molar-refractivity contribution in [3.8, 4) is 29.4 Å². The largest absolute Gasteiger partial charge is 0.507 e. The van der Waals surface area contributed by atoms with E-state index in [9.17, 15) is 24.6 Å². The first kappa shape index (κ1) is 48.7. The molecule has 0 radical (unpaired) electrons. The Morgan fingerprint density at radius 2 is 1.60 bits per heavy atom. The number of piperazine rings is 1. The van der Waals surface area contributed by atoms with Crippen molar-refractivity contribution >= 4 is 35.2 Å². The van der Waals surface area contributed by atoms with Crippen molar-refractivity contribution in [3.63, 3.8) is 0 Å². The molecule has 16 heteroatoms. The fraction of sp³-hybridized carbons (Fsp3) is 0.537. The monoisotopic (exact) mass is 952 g/mol. The Bertz CT molecular complexity index is 2570. The van der Waals surface area contributed by atoms with Crippen molar-refractivity contribution < 1.29 is 24.6 Å². The van der Waals surface area contributed by atoms with Gasteiger partial charge < -0.3 is 40.9 Å². The molecule has 5 N–H and O–H groups in total. The van der Waals surface area contributed by atoms with Gasteiger partial charge in [-0.05, 0) is 111 Å². The summed E-state index contributed by atoms with van der Waals surface area (Å²) in [5.74, 6) is 3.61. The number of benzene rings is 2. The van der Waals surface area contributed by atoms with Crippen LogP contribution in [0.3, 0.4) is 0 Å². The molecule has 5 atom stereocenters. The number of phenolic OH excluding ortho intramolecular Hbond substituents is 1. The average Bonchev–Trinajstić information content (AvgIpc) is 3.73. The van der Waals surface area contributed by atoms with Crippen molar-refractivity contribution in [2.24, 2.45) is 16.7 Å². The summed E-state index contributed by atoms with van der Waals surface area (Å²) in [6.45, 7) is 14.4. The maximum Gasteiger partial charge on any atom is 0.246 e. The van der Waals surface area contributed by atoms with Crippen LogP contribution in [0, 0.1) is 29.1 Å². The van der Waals surface area contributed by atoms with Crippen LogP contribution < -0.4 is 25.8 Å². The van der Waals surface area contributed by atoms with E-state index in [-0.39, 0.29) is 59.9 Å². The molecule has 2 aromatic heterocycles. The van der Waals surface area contributed by atoms with Gasteiger partial charge in [-0.2, -0.15) is 0 Å². The van der Waals surface area contributed by atoms with Crippen LogP contribution in [0.1, 0.15) is 108 Å². The summed E-state index contributed by atoms with van der Waals surface area (Å²) in [6.07, 6.45) is 14.4. The van der Waals surface area contributed by atoms with Crippen LogP contribution in [0.4, 0.5) is 17.5 Å². The summed E-state index contributed by atoms with van der Waals surface area (Å²) >= 11 is 0. The summed E-state index contributed by atoms with van der Waals surface area (Å²) in [7, 11) is 1.86.